The fourth-order valence-electron chi connectivity index (χ4n) is 3.51. The van der Waals surface area contributed by atoms with Crippen LogP contribution in [0.1, 0.15) is 11.1 Å². The normalized spacial score (nSPS) is 13.5. The Kier molecular flexibility index (Phi) is 6.66. The van der Waals surface area contributed by atoms with Crippen molar-refractivity contribution in [1.82, 2.24) is 4.90 Å². The Bertz CT molecular complexity index is 1210. The van der Waals surface area contributed by atoms with Crippen LogP contribution in [0.4, 0.5) is 5.69 Å². The van der Waals surface area contributed by atoms with Crippen molar-refractivity contribution in [2.75, 3.05) is 25.6 Å². The first-order valence-electron chi connectivity index (χ1n) is 10.4. The van der Waals surface area contributed by atoms with Gasteiger partial charge in [0.15, 0.2) is 0 Å². The summed E-state index contributed by atoms with van der Waals surface area (Å²) >= 11 is 6.25. The van der Waals surface area contributed by atoms with Crippen LogP contribution in [-0.4, -0.2) is 37.0 Å². The molecule has 0 saturated carbocycles. The fraction of sp³-hybridized carbons (Fsp3) is 0.154. The third-order valence-corrected chi connectivity index (χ3v) is 5.72. The van der Waals surface area contributed by atoms with Crippen molar-refractivity contribution in [3.05, 3.63) is 94.6 Å². The molecule has 3 aromatic rings. The molecule has 0 saturated heterocycles. The van der Waals surface area contributed by atoms with Crippen molar-refractivity contribution in [3.8, 4) is 11.5 Å². The highest BCUT2D eigenvalue weighted by Gasteiger charge is 2.39. The molecular weight excluding hydrogens is 440 g/mol. The third kappa shape index (κ3) is 4.86. The number of ether oxygens (including phenoxy) is 2. The quantitative estimate of drug-likeness (QED) is 0.481. The number of hydrogen-bond donors (Lipinski definition) is 1. The van der Waals surface area contributed by atoms with Gasteiger partial charge in [-0.15, -0.1) is 0 Å². The summed E-state index contributed by atoms with van der Waals surface area (Å²) in [5.74, 6) is 0.564. The zero-order valence-corrected chi connectivity index (χ0v) is 19.1. The predicted octanol–water partition coefficient (Wildman–Crippen LogP) is 4.93. The molecule has 1 heterocycles. The topological polar surface area (TPSA) is 67.9 Å². The molecule has 1 aliphatic rings. The van der Waals surface area contributed by atoms with E-state index >= 15 is 0 Å². The molecule has 168 valence electrons. The van der Waals surface area contributed by atoms with E-state index in [0.29, 0.717) is 27.6 Å². The summed E-state index contributed by atoms with van der Waals surface area (Å²) in [7, 11) is 1.59. The van der Waals surface area contributed by atoms with E-state index in [2.05, 4.69) is 5.32 Å². The molecule has 2 amide bonds. The van der Waals surface area contributed by atoms with Gasteiger partial charge in [-0.05, 0) is 54.4 Å². The summed E-state index contributed by atoms with van der Waals surface area (Å²) in [6.45, 7) is 2.17. The molecule has 33 heavy (non-hydrogen) atoms. The van der Waals surface area contributed by atoms with Crippen molar-refractivity contribution in [3.63, 3.8) is 0 Å². The van der Waals surface area contributed by atoms with Gasteiger partial charge in [-0.3, -0.25) is 14.5 Å². The van der Waals surface area contributed by atoms with E-state index < -0.39 is 5.91 Å². The number of anilines is 1. The minimum Gasteiger partial charge on any atom is -0.497 e. The number of imide groups is 1. The van der Waals surface area contributed by atoms with Gasteiger partial charge in [-0.1, -0.05) is 48.0 Å². The molecule has 1 N–H and O–H groups in total. The van der Waals surface area contributed by atoms with Gasteiger partial charge in [0, 0.05) is 10.7 Å². The maximum Gasteiger partial charge on any atom is 0.278 e. The standard InChI is InChI=1S/C26H23ClN2O4/c1-17-8-9-19(16-22(17)27)28-24-23(18-6-4-3-5-7-18)25(30)29(26(24)31)14-15-33-21-12-10-20(32-2)11-13-21/h3-13,16,28H,14-15H2,1-2H3. The Balaban J connectivity index is 1.55. The lowest BCUT2D eigenvalue weighted by Gasteiger charge is -2.16. The van der Waals surface area contributed by atoms with E-state index in [9.17, 15) is 9.59 Å². The molecule has 1 aliphatic heterocycles. The highest BCUT2D eigenvalue weighted by Crippen LogP contribution is 2.31. The number of amides is 2. The first kappa shape index (κ1) is 22.4. The molecule has 4 rings (SSSR count). The molecule has 0 atom stereocenters. The first-order chi connectivity index (χ1) is 16.0. The van der Waals surface area contributed by atoms with Gasteiger partial charge in [-0.2, -0.15) is 0 Å². The van der Waals surface area contributed by atoms with Gasteiger partial charge in [-0.25, -0.2) is 0 Å². The Morgan fingerprint density at radius 2 is 1.61 bits per heavy atom. The van der Waals surface area contributed by atoms with Crippen molar-refractivity contribution in [2.45, 2.75) is 6.92 Å². The predicted molar refractivity (Wildman–Crippen MR) is 128 cm³/mol. The molecule has 3 aromatic carbocycles. The third-order valence-electron chi connectivity index (χ3n) is 5.31. The summed E-state index contributed by atoms with van der Waals surface area (Å²) in [6, 6.07) is 21.7. The van der Waals surface area contributed by atoms with Crippen molar-refractivity contribution in [2.24, 2.45) is 0 Å². The monoisotopic (exact) mass is 462 g/mol. The Hall–Kier alpha value is -3.77. The van der Waals surface area contributed by atoms with Gasteiger partial charge >= 0.3 is 0 Å². The molecule has 0 fully saturated rings. The number of nitrogens with zero attached hydrogens (tertiary/aromatic N) is 1. The summed E-state index contributed by atoms with van der Waals surface area (Å²) in [6.07, 6.45) is 0. The lowest BCUT2D eigenvalue weighted by Crippen LogP contribution is -2.36. The van der Waals surface area contributed by atoms with Gasteiger partial charge in [0.05, 0.1) is 19.2 Å². The minimum atomic E-state index is -0.408. The Morgan fingerprint density at radius 3 is 2.27 bits per heavy atom. The summed E-state index contributed by atoms with van der Waals surface area (Å²) < 4.78 is 10.9. The highest BCUT2D eigenvalue weighted by atomic mass is 35.5. The number of halogens is 1. The zero-order chi connectivity index (χ0) is 23.4. The van der Waals surface area contributed by atoms with Crippen LogP contribution in [0.25, 0.3) is 5.57 Å². The smallest absolute Gasteiger partial charge is 0.278 e. The Morgan fingerprint density at radius 1 is 0.909 bits per heavy atom. The molecule has 7 heteroatoms. The van der Waals surface area contributed by atoms with Crippen LogP contribution in [0.2, 0.25) is 5.02 Å². The van der Waals surface area contributed by atoms with Crippen LogP contribution in [0.3, 0.4) is 0 Å². The number of nitrogens with one attached hydrogen (secondary N) is 1. The number of carbonyl (C=O) groups excluding carboxylic acids is 2. The molecule has 0 radical (unpaired) electrons. The second-order valence-electron chi connectivity index (χ2n) is 7.49. The lowest BCUT2D eigenvalue weighted by molar-refractivity contribution is -0.137. The van der Waals surface area contributed by atoms with E-state index in [4.69, 9.17) is 21.1 Å². The SMILES string of the molecule is COc1ccc(OCCN2C(=O)C(Nc3ccc(C)c(Cl)c3)=C(c3ccccc3)C2=O)cc1. The summed E-state index contributed by atoms with van der Waals surface area (Å²) in [5.41, 5.74) is 2.75. The molecule has 0 aliphatic carbocycles. The van der Waals surface area contributed by atoms with E-state index in [1.54, 1.807) is 37.4 Å². The maximum atomic E-state index is 13.3. The highest BCUT2D eigenvalue weighted by molar-refractivity contribution is 6.36. The first-order valence-corrected chi connectivity index (χ1v) is 10.8. The van der Waals surface area contributed by atoms with Crippen molar-refractivity contribution < 1.29 is 19.1 Å². The number of hydrogen-bond acceptors (Lipinski definition) is 5. The van der Waals surface area contributed by atoms with Crippen LogP contribution in [-0.2, 0) is 9.59 Å². The molecule has 0 bridgehead atoms. The van der Waals surface area contributed by atoms with Crippen LogP contribution in [0, 0.1) is 6.92 Å². The molecule has 0 spiro atoms. The molecule has 0 unspecified atom stereocenters. The summed E-state index contributed by atoms with van der Waals surface area (Å²) in [5, 5.41) is 3.69. The second kappa shape index (κ2) is 9.79. The molecule has 6 nitrogen and oxygen atoms in total. The van der Waals surface area contributed by atoms with E-state index in [1.165, 1.54) is 4.90 Å². The Labute approximate surface area is 197 Å². The number of aryl methyl sites for hydroxylation is 1. The zero-order valence-electron chi connectivity index (χ0n) is 18.3. The fourth-order valence-corrected chi connectivity index (χ4v) is 3.69. The van der Waals surface area contributed by atoms with Crippen molar-refractivity contribution in [1.29, 1.82) is 0 Å². The average molecular weight is 463 g/mol. The molecule has 0 aromatic heterocycles. The summed E-state index contributed by atoms with van der Waals surface area (Å²) in [4.78, 5) is 27.7. The van der Waals surface area contributed by atoms with E-state index in [1.807, 2.05) is 49.4 Å². The van der Waals surface area contributed by atoms with Gasteiger partial charge < -0.3 is 14.8 Å². The number of carbonyl (C=O) groups is 2. The van der Waals surface area contributed by atoms with Gasteiger partial charge in [0.1, 0.15) is 23.8 Å². The largest absolute Gasteiger partial charge is 0.497 e. The van der Waals surface area contributed by atoms with Crippen LogP contribution < -0.4 is 14.8 Å². The molecular formula is C26H23ClN2O4. The van der Waals surface area contributed by atoms with Gasteiger partial charge in [0.2, 0.25) is 0 Å². The lowest BCUT2D eigenvalue weighted by atomic mass is 10.0. The number of methoxy groups -OCH3 is 1. The van der Waals surface area contributed by atoms with E-state index in [-0.39, 0.29) is 24.8 Å². The minimum absolute atomic E-state index is 0.111. The van der Waals surface area contributed by atoms with Crippen LogP contribution in [0.5, 0.6) is 11.5 Å². The van der Waals surface area contributed by atoms with Crippen LogP contribution in [0.15, 0.2) is 78.5 Å². The number of rotatable bonds is 8. The van der Waals surface area contributed by atoms with E-state index in [0.717, 1.165) is 11.3 Å². The van der Waals surface area contributed by atoms with Crippen LogP contribution >= 0.6 is 11.6 Å². The van der Waals surface area contributed by atoms with Crippen molar-refractivity contribution >= 4 is 34.7 Å². The van der Waals surface area contributed by atoms with Gasteiger partial charge in [0.25, 0.3) is 11.8 Å². The second-order valence-corrected chi connectivity index (χ2v) is 7.90. The average Bonchev–Trinajstić information content (AvgIpc) is 3.06. The maximum absolute atomic E-state index is 13.3. The number of benzene rings is 3.